The third-order valence-corrected chi connectivity index (χ3v) is 2.86. The minimum absolute atomic E-state index is 0.0183. The SMILES string of the molecule is CC(=O)N1CCN(C(=O)C(C)CC#N)CC1. The molecule has 5 heteroatoms. The molecular weight excluding hydrogens is 206 g/mol. The first-order valence-corrected chi connectivity index (χ1v) is 5.47. The number of hydrogen-bond donors (Lipinski definition) is 0. The maximum Gasteiger partial charge on any atom is 0.226 e. The lowest BCUT2D eigenvalue weighted by atomic mass is 10.1. The predicted molar refractivity (Wildman–Crippen MR) is 58.2 cm³/mol. The van der Waals surface area contributed by atoms with Crippen LogP contribution in [0.4, 0.5) is 0 Å². The van der Waals surface area contributed by atoms with E-state index < -0.39 is 0 Å². The van der Waals surface area contributed by atoms with Crippen LogP contribution in [0.15, 0.2) is 0 Å². The van der Waals surface area contributed by atoms with Crippen LogP contribution >= 0.6 is 0 Å². The van der Waals surface area contributed by atoms with E-state index in [1.54, 1.807) is 16.7 Å². The van der Waals surface area contributed by atoms with Gasteiger partial charge in [-0.1, -0.05) is 6.92 Å². The average Bonchev–Trinajstić information content (AvgIpc) is 2.28. The fraction of sp³-hybridized carbons (Fsp3) is 0.727. The highest BCUT2D eigenvalue weighted by molar-refractivity contribution is 5.79. The smallest absolute Gasteiger partial charge is 0.226 e. The largest absolute Gasteiger partial charge is 0.339 e. The first-order chi connectivity index (χ1) is 7.56. The second-order valence-electron chi connectivity index (χ2n) is 4.09. The summed E-state index contributed by atoms with van der Waals surface area (Å²) in [5.74, 6) is -0.171. The molecule has 0 aliphatic carbocycles. The minimum Gasteiger partial charge on any atom is -0.339 e. The second kappa shape index (κ2) is 5.50. The molecule has 16 heavy (non-hydrogen) atoms. The van der Waals surface area contributed by atoms with Crippen LogP contribution < -0.4 is 0 Å². The lowest BCUT2D eigenvalue weighted by Gasteiger charge is -2.35. The Kier molecular flexibility index (Phi) is 4.29. The van der Waals surface area contributed by atoms with Crippen LogP contribution in [0, 0.1) is 17.2 Å². The normalized spacial score (nSPS) is 17.8. The van der Waals surface area contributed by atoms with Crippen molar-refractivity contribution in [2.45, 2.75) is 20.3 Å². The Balaban J connectivity index is 2.45. The van der Waals surface area contributed by atoms with Gasteiger partial charge in [0.25, 0.3) is 0 Å². The molecule has 0 saturated carbocycles. The molecule has 1 aliphatic heterocycles. The summed E-state index contributed by atoms with van der Waals surface area (Å²) in [6.45, 7) is 5.65. The topological polar surface area (TPSA) is 64.4 Å². The van der Waals surface area contributed by atoms with Gasteiger partial charge in [-0.05, 0) is 0 Å². The molecule has 1 saturated heterocycles. The zero-order chi connectivity index (χ0) is 12.1. The van der Waals surface area contributed by atoms with Crippen LogP contribution in [0.25, 0.3) is 0 Å². The maximum absolute atomic E-state index is 11.8. The summed E-state index contributed by atoms with van der Waals surface area (Å²) in [6, 6.07) is 2.00. The third-order valence-electron chi connectivity index (χ3n) is 2.86. The van der Waals surface area contributed by atoms with Crippen LogP contribution in [0.1, 0.15) is 20.3 Å². The quantitative estimate of drug-likeness (QED) is 0.673. The zero-order valence-electron chi connectivity index (χ0n) is 9.77. The van der Waals surface area contributed by atoms with Crippen molar-refractivity contribution in [3.8, 4) is 6.07 Å². The minimum atomic E-state index is -0.242. The molecule has 2 amide bonds. The maximum atomic E-state index is 11.8. The van der Waals surface area contributed by atoms with E-state index in [4.69, 9.17) is 5.26 Å². The molecule has 0 aromatic rings. The number of rotatable bonds is 2. The van der Waals surface area contributed by atoms with Crippen LogP contribution in [0.3, 0.4) is 0 Å². The van der Waals surface area contributed by atoms with Crippen molar-refractivity contribution in [3.05, 3.63) is 0 Å². The highest BCUT2D eigenvalue weighted by Gasteiger charge is 2.25. The standard InChI is InChI=1S/C11H17N3O2/c1-9(3-4-12)11(16)14-7-5-13(6-8-14)10(2)15/h9H,3,5-8H2,1-2H3. The monoisotopic (exact) mass is 223 g/mol. The van der Waals surface area contributed by atoms with E-state index in [2.05, 4.69) is 0 Å². The molecule has 88 valence electrons. The van der Waals surface area contributed by atoms with E-state index in [1.165, 1.54) is 6.92 Å². The summed E-state index contributed by atoms with van der Waals surface area (Å²) < 4.78 is 0. The summed E-state index contributed by atoms with van der Waals surface area (Å²) in [4.78, 5) is 26.4. The summed E-state index contributed by atoms with van der Waals surface area (Å²) in [5.41, 5.74) is 0. The Bertz CT molecular complexity index is 314. The molecule has 1 fully saturated rings. The molecule has 0 aromatic heterocycles. The fourth-order valence-electron chi connectivity index (χ4n) is 1.78. The summed E-state index contributed by atoms with van der Waals surface area (Å²) in [7, 11) is 0. The van der Waals surface area contributed by atoms with E-state index in [0.717, 1.165) is 0 Å². The van der Waals surface area contributed by atoms with Gasteiger partial charge in [0.2, 0.25) is 11.8 Å². The zero-order valence-corrected chi connectivity index (χ0v) is 9.77. The Morgan fingerprint density at radius 2 is 1.75 bits per heavy atom. The lowest BCUT2D eigenvalue weighted by Crippen LogP contribution is -2.51. The lowest BCUT2D eigenvalue weighted by molar-refractivity contribution is -0.140. The van der Waals surface area contributed by atoms with Crippen molar-refractivity contribution < 1.29 is 9.59 Å². The molecule has 1 atom stereocenters. The third kappa shape index (κ3) is 2.96. The Morgan fingerprint density at radius 1 is 1.25 bits per heavy atom. The van der Waals surface area contributed by atoms with Crippen molar-refractivity contribution in [1.82, 2.24) is 9.80 Å². The van der Waals surface area contributed by atoms with E-state index in [9.17, 15) is 9.59 Å². The Hall–Kier alpha value is -1.57. The highest BCUT2D eigenvalue weighted by Crippen LogP contribution is 2.10. The number of carbonyl (C=O) groups excluding carboxylic acids is 2. The van der Waals surface area contributed by atoms with Gasteiger partial charge in [-0.15, -0.1) is 0 Å². The Morgan fingerprint density at radius 3 is 2.19 bits per heavy atom. The van der Waals surface area contributed by atoms with E-state index in [-0.39, 0.29) is 24.2 Å². The van der Waals surface area contributed by atoms with E-state index >= 15 is 0 Å². The molecule has 0 bridgehead atoms. The van der Waals surface area contributed by atoms with Crippen molar-refractivity contribution in [1.29, 1.82) is 5.26 Å². The van der Waals surface area contributed by atoms with Crippen molar-refractivity contribution in [2.24, 2.45) is 5.92 Å². The average molecular weight is 223 g/mol. The van der Waals surface area contributed by atoms with Gasteiger partial charge in [-0.25, -0.2) is 0 Å². The Labute approximate surface area is 95.6 Å². The molecule has 5 nitrogen and oxygen atoms in total. The molecule has 1 aliphatic rings. The van der Waals surface area contributed by atoms with Crippen molar-refractivity contribution in [3.63, 3.8) is 0 Å². The number of carbonyl (C=O) groups is 2. The predicted octanol–water partition coefficient (Wildman–Crippen LogP) is 0.227. The molecule has 1 unspecified atom stereocenters. The number of hydrogen-bond acceptors (Lipinski definition) is 3. The van der Waals surface area contributed by atoms with Gasteiger partial charge in [0.1, 0.15) is 0 Å². The summed E-state index contributed by atoms with van der Waals surface area (Å²) in [5, 5.41) is 8.53. The number of piperazine rings is 1. The van der Waals surface area contributed by atoms with Gasteiger partial charge in [-0.2, -0.15) is 5.26 Å². The van der Waals surface area contributed by atoms with Gasteiger partial charge in [-0.3, -0.25) is 9.59 Å². The first kappa shape index (κ1) is 12.5. The molecule has 0 aromatic carbocycles. The van der Waals surface area contributed by atoms with Crippen LogP contribution in [-0.4, -0.2) is 47.8 Å². The number of nitrogens with zero attached hydrogens (tertiary/aromatic N) is 3. The molecule has 0 N–H and O–H groups in total. The molecule has 1 heterocycles. The van der Waals surface area contributed by atoms with Gasteiger partial charge >= 0.3 is 0 Å². The van der Waals surface area contributed by atoms with Gasteiger partial charge < -0.3 is 9.80 Å². The summed E-state index contributed by atoms with van der Waals surface area (Å²) >= 11 is 0. The fourth-order valence-corrected chi connectivity index (χ4v) is 1.78. The summed E-state index contributed by atoms with van der Waals surface area (Å²) in [6.07, 6.45) is 0.256. The molecule has 0 radical (unpaired) electrons. The number of amides is 2. The van der Waals surface area contributed by atoms with Crippen molar-refractivity contribution in [2.75, 3.05) is 26.2 Å². The van der Waals surface area contributed by atoms with Crippen LogP contribution in [-0.2, 0) is 9.59 Å². The van der Waals surface area contributed by atoms with Crippen LogP contribution in [0.2, 0.25) is 0 Å². The van der Waals surface area contributed by atoms with E-state index in [1.807, 2.05) is 6.07 Å². The molecule has 1 rings (SSSR count). The molecular formula is C11H17N3O2. The van der Waals surface area contributed by atoms with E-state index in [0.29, 0.717) is 26.2 Å². The highest BCUT2D eigenvalue weighted by atomic mass is 16.2. The van der Waals surface area contributed by atoms with Gasteiger partial charge in [0.05, 0.1) is 6.07 Å². The number of nitriles is 1. The van der Waals surface area contributed by atoms with Gasteiger partial charge in [0.15, 0.2) is 0 Å². The molecule has 0 spiro atoms. The first-order valence-electron chi connectivity index (χ1n) is 5.47. The second-order valence-corrected chi connectivity index (χ2v) is 4.09. The van der Waals surface area contributed by atoms with Crippen molar-refractivity contribution >= 4 is 11.8 Å². The van der Waals surface area contributed by atoms with Crippen LogP contribution in [0.5, 0.6) is 0 Å². The van der Waals surface area contributed by atoms with Gasteiger partial charge in [0, 0.05) is 45.4 Å².